The van der Waals surface area contributed by atoms with Crippen LogP contribution >= 0.6 is 0 Å². The van der Waals surface area contributed by atoms with E-state index in [4.69, 9.17) is 0 Å². The first-order valence-corrected chi connectivity index (χ1v) is 8.81. The Morgan fingerprint density at radius 2 is 1.45 bits per heavy atom. The lowest BCUT2D eigenvalue weighted by molar-refractivity contribution is -0.114. The summed E-state index contributed by atoms with van der Waals surface area (Å²) in [7, 11) is 0. The van der Waals surface area contributed by atoms with Gasteiger partial charge in [0.2, 0.25) is 5.91 Å². The van der Waals surface area contributed by atoms with Gasteiger partial charge in [-0.25, -0.2) is 4.98 Å². The van der Waals surface area contributed by atoms with Crippen molar-refractivity contribution < 1.29 is 19.2 Å². The minimum atomic E-state index is -0.436. The maximum atomic E-state index is 12.8. The zero-order valence-corrected chi connectivity index (χ0v) is 15.4. The van der Waals surface area contributed by atoms with Crippen molar-refractivity contribution in [2.45, 2.75) is 6.92 Å². The van der Waals surface area contributed by atoms with Gasteiger partial charge in [0.15, 0.2) is 11.6 Å². The predicted molar refractivity (Wildman–Crippen MR) is 106 cm³/mol. The quantitative estimate of drug-likeness (QED) is 0.564. The van der Waals surface area contributed by atoms with Gasteiger partial charge in [0, 0.05) is 46.6 Å². The first-order chi connectivity index (χ1) is 13.9. The molecule has 7 nitrogen and oxygen atoms in total. The smallest absolute Gasteiger partial charge is 0.255 e. The van der Waals surface area contributed by atoms with E-state index in [9.17, 15) is 19.2 Å². The summed E-state index contributed by atoms with van der Waals surface area (Å²) in [6.07, 6.45) is 1.41. The second kappa shape index (κ2) is 7.12. The molecule has 2 aromatic carbocycles. The molecule has 0 spiro atoms. The SMILES string of the molecule is CC(=O)Nc1cc(C(=O)Nc2ccc3c(c2)C(=O)c2ccccc2C3=O)ccn1. The second-order valence-corrected chi connectivity index (χ2v) is 6.53. The van der Waals surface area contributed by atoms with Gasteiger partial charge in [0.1, 0.15) is 5.82 Å². The lowest BCUT2D eigenvalue weighted by atomic mass is 9.84. The van der Waals surface area contributed by atoms with Crippen molar-refractivity contribution in [1.29, 1.82) is 0 Å². The van der Waals surface area contributed by atoms with Crippen molar-refractivity contribution in [3.05, 3.63) is 88.6 Å². The van der Waals surface area contributed by atoms with Gasteiger partial charge in [-0.1, -0.05) is 24.3 Å². The molecule has 3 aromatic rings. The molecule has 2 amide bonds. The summed E-state index contributed by atoms with van der Waals surface area (Å²) in [5.41, 5.74) is 1.96. The molecule has 1 aliphatic carbocycles. The molecule has 0 fully saturated rings. The lowest BCUT2D eigenvalue weighted by Gasteiger charge is -2.18. The number of rotatable bonds is 3. The van der Waals surface area contributed by atoms with Crippen LogP contribution < -0.4 is 10.6 Å². The largest absolute Gasteiger partial charge is 0.322 e. The van der Waals surface area contributed by atoms with Crippen LogP contribution in [0.2, 0.25) is 0 Å². The average Bonchev–Trinajstić information content (AvgIpc) is 2.71. The summed E-state index contributed by atoms with van der Waals surface area (Å²) in [6, 6.07) is 14.2. The monoisotopic (exact) mass is 385 g/mol. The van der Waals surface area contributed by atoms with Gasteiger partial charge in [-0.05, 0) is 30.3 Å². The Morgan fingerprint density at radius 1 is 0.793 bits per heavy atom. The molecule has 0 aliphatic heterocycles. The molecule has 0 unspecified atom stereocenters. The molecule has 142 valence electrons. The normalized spacial score (nSPS) is 12.0. The zero-order valence-electron chi connectivity index (χ0n) is 15.4. The number of fused-ring (bicyclic) bond motifs is 2. The summed E-state index contributed by atoms with van der Waals surface area (Å²) in [4.78, 5) is 53.1. The summed E-state index contributed by atoms with van der Waals surface area (Å²) < 4.78 is 0. The summed E-state index contributed by atoms with van der Waals surface area (Å²) >= 11 is 0. The van der Waals surface area contributed by atoms with Crippen molar-refractivity contribution >= 4 is 34.9 Å². The number of aromatic nitrogens is 1. The molecule has 1 aliphatic rings. The van der Waals surface area contributed by atoms with E-state index in [1.54, 1.807) is 30.3 Å². The fraction of sp³-hybridized carbons (Fsp3) is 0.0455. The molecule has 1 aromatic heterocycles. The van der Waals surface area contributed by atoms with Gasteiger partial charge in [0.25, 0.3) is 5.91 Å². The van der Waals surface area contributed by atoms with Crippen molar-refractivity contribution in [1.82, 2.24) is 4.98 Å². The van der Waals surface area contributed by atoms with Gasteiger partial charge < -0.3 is 10.6 Å². The Morgan fingerprint density at radius 3 is 2.14 bits per heavy atom. The highest BCUT2D eigenvalue weighted by molar-refractivity contribution is 6.28. The van der Waals surface area contributed by atoms with Crippen molar-refractivity contribution in [3.63, 3.8) is 0 Å². The Balaban J connectivity index is 1.62. The molecule has 4 rings (SSSR count). The third-order valence-electron chi connectivity index (χ3n) is 4.51. The molecular weight excluding hydrogens is 370 g/mol. The number of ketones is 2. The van der Waals surface area contributed by atoms with Crippen LogP contribution in [0, 0.1) is 0 Å². The minimum Gasteiger partial charge on any atom is -0.322 e. The van der Waals surface area contributed by atoms with E-state index < -0.39 is 5.91 Å². The van der Waals surface area contributed by atoms with Gasteiger partial charge in [-0.3, -0.25) is 19.2 Å². The van der Waals surface area contributed by atoms with Crippen molar-refractivity contribution in [2.24, 2.45) is 0 Å². The number of amides is 2. The van der Waals surface area contributed by atoms with Crippen molar-refractivity contribution in [3.8, 4) is 0 Å². The van der Waals surface area contributed by atoms with Crippen LogP contribution in [0.3, 0.4) is 0 Å². The van der Waals surface area contributed by atoms with E-state index in [1.807, 2.05) is 0 Å². The van der Waals surface area contributed by atoms with Crippen molar-refractivity contribution in [2.75, 3.05) is 10.6 Å². The summed E-state index contributed by atoms with van der Waals surface area (Å²) in [5, 5.41) is 5.22. The van der Waals surface area contributed by atoms with E-state index in [0.29, 0.717) is 22.4 Å². The highest BCUT2D eigenvalue weighted by Crippen LogP contribution is 2.29. The van der Waals surface area contributed by atoms with E-state index in [1.165, 1.54) is 37.4 Å². The molecule has 0 saturated heterocycles. The molecule has 0 saturated carbocycles. The Labute approximate surface area is 165 Å². The number of pyridine rings is 1. The number of carbonyl (C=O) groups excluding carboxylic acids is 4. The van der Waals surface area contributed by atoms with Gasteiger partial charge >= 0.3 is 0 Å². The molecule has 29 heavy (non-hydrogen) atoms. The van der Waals surface area contributed by atoms with Gasteiger partial charge in [-0.2, -0.15) is 0 Å². The lowest BCUT2D eigenvalue weighted by Crippen LogP contribution is -2.21. The number of anilines is 2. The number of benzene rings is 2. The number of hydrogen-bond acceptors (Lipinski definition) is 5. The Kier molecular flexibility index (Phi) is 4.48. The molecule has 7 heteroatoms. The fourth-order valence-corrected chi connectivity index (χ4v) is 3.20. The third-order valence-corrected chi connectivity index (χ3v) is 4.51. The first kappa shape index (κ1) is 18.2. The maximum Gasteiger partial charge on any atom is 0.255 e. The molecule has 2 N–H and O–H groups in total. The standard InChI is InChI=1S/C22H15N3O4/c1-12(26)24-19-10-13(8-9-23-19)22(29)25-14-6-7-17-18(11-14)21(28)16-5-3-2-4-15(16)20(17)27/h2-11H,1H3,(H,25,29)(H,23,24,26). The Hall–Kier alpha value is -4.13. The highest BCUT2D eigenvalue weighted by atomic mass is 16.2. The van der Waals surface area contributed by atoms with Crippen LogP contribution in [0.4, 0.5) is 11.5 Å². The van der Waals surface area contributed by atoms with E-state index in [0.717, 1.165) is 0 Å². The molecule has 0 radical (unpaired) electrons. The number of nitrogens with one attached hydrogen (secondary N) is 2. The number of hydrogen-bond donors (Lipinski definition) is 2. The average molecular weight is 385 g/mol. The van der Waals surface area contributed by atoms with Gasteiger partial charge in [-0.15, -0.1) is 0 Å². The van der Waals surface area contributed by atoms with Crippen LogP contribution in [0.5, 0.6) is 0 Å². The summed E-state index contributed by atoms with van der Waals surface area (Å²) in [6.45, 7) is 1.35. The number of carbonyl (C=O) groups is 4. The van der Waals surface area contributed by atoms with Crippen LogP contribution in [0.15, 0.2) is 60.8 Å². The minimum absolute atomic E-state index is 0.220. The Bertz CT molecular complexity index is 1200. The van der Waals surface area contributed by atoms with E-state index >= 15 is 0 Å². The summed E-state index contributed by atoms with van der Waals surface area (Å²) in [5.74, 6) is -0.958. The van der Waals surface area contributed by atoms with Gasteiger partial charge in [0.05, 0.1) is 0 Å². The van der Waals surface area contributed by atoms with Crippen LogP contribution in [-0.4, -0.2) is 28.4 Å². The maximum absolute atomic E-state index is 12.8. The number of nitrogens with zero attached hydrogens (tertiary/aromatic N) is 1. The highest BCUT2D eigenvalue weighted by Gasteiger charge is 2.29. The second-order valence-electron chi connectivity index (χ2n) is 6.53. The topological polar surface area (TPSA) is 105 Å². The van der Waals surface area contributed by atoms with Crippen LogP contribution in [-0.2, 0) is 4.79 Å². The molecule has 1 heterocycles. The van der Waals surface area contributed by atoms with E-state index in [2.05, 4.69) is 15.6 Å². The zero-order chi connectivity index (χ0) is 20.5. The van der Waals surface area contributed by atoms with Crippen LogP contribution in [0.25, 0.3) is 0 Å². The third kappa shape index (κ3) is 3.41. The molecular formula is C22H15N3O4. The first-order valence-electron chi connectivity index (χ1n) is 8.81. The van der Waals surface area contributed by atoms with Crippen LogP contribution in [0.1, 0.15) is 49.1 Å². The van der Waals surface area contributed by atoms with E-state index in [-0.39, 0.29) is 34.4 Å². The molecule has 0 bridgehead atoms. The predicted octanol–water partition coefficient (Wildman–Crippen LogP) is 3.07. The molecule has 0 atom stereocenters. The fourth-order valence-electron chi connectivity index (χ4n) is 3.20.